The summed E-state index contributed by atoms with van der Waals surface area (Å²) in [6.45, 7) is 0. The molecular formula is C52H32O. The third-order valence-electron chi connectivity index (χ3n) is 11.1. The van der Waals surface area contributed by atoms with Crippen LogP contribution in [0.5, 0.6) is 0 Å². The summed E-state index contributed by atoms with van der Waals surface area (Å²) >= 11 is 0. The zero-order chi connectivity index (χ0) is 34.9. The molecule has 0 aliphatic heterocycles. The van der Waals surface area contributed by atoms with Crippen molar-refractivity contribution in [3.8, 4) is 44.5 Å². The Kier molecular flexibility index (Phi) is 6.62. The average Bonchev–Trinajstić information content (AvgIpc) is 3.63. The van der Waals surface area contributed by atoms with Gasteiger partial charge in [-0.3, -0.25) is 0 Å². The Hall–Kier alpha value is -6.96. The molecule has 1 heteroatoms. The fraction of sp³-hybridized carbons (Fsp3) is 0. The highest BCUT2D eigenvalue weighted by Gasteiger charge is 2.23. The Morgan fingerprint density at radius 3 is 1.28 bits per heavy atom. The van der Waals surface area contributed by atoms with E-state index in [1.807, 2.05) is 0 Å². The van der Waals surface area contributed by atoms with Crippen LogP contribution >= 0.6 is 0 Å². The van der Waals surface area contributed by atoms with E-state index in [4.69, 9.17) is 4.42 Å². The van der Waals surface area contributed by atoms with E-state index in [0.29, 0.717) is 0 Å². The summed E-state index contributed by atoms with van der Waals surface area (Å²) in [5.41, 5.74) is 11.5. The Balaban J connectivity index is 1.23. The van der Waals surface area contributed by atoms with Crippen molar-refractivity contribution in [3.63, 3.8) is 0 Å². The van der Waals surface area contributed by atoms with Gasteiger partial charge < -0.3 is 4.42 Å². The molecule has 0 atom stereocenters. The molecule has 0 aliphatic carbocycles. The van der Waals surface area contributed by atoms with Gasteiger partial charge in [-0.15, -0.1) is 0 Å². The molecule has 0 amide bonds. The van der Waals surface area contributed by atoms with Crippen molar-refractivity contribution in [1.82, 2.24) is 0 Å². The molecule has 246 valence electrons. The lowest BCUT2D eigenvalue weighted by Gasteiger charge is -2.20. The molecule has 11 rings (SSSR count). The second kappa shape index (κ2) is 11.8. The normalized spacial score (nSPS) is 11.8. The lowest BCUT2D eigenvalue weighted by molar-refractivity contribution is 0.670. The maximum atomic E-state index is 6.74. The number of furan rings is 1. The molecule has 0 radical (unpaired) electrons. The molecule has 53 heavy (non-hydrogen) atoms. The quantitative estimate of drug-likeness (QED) is 0.134. The summed E-state index contributed by atoms with van der Waals surface area (Å²) in [4.78, 5) is 0. The van der Waals surface area contributed by atoms with Crippen molar-refractivity contribution in [3.05, 3.63) is 194 Å². The number of hydrogen-bond acceptors (Lipinski definition) is 1. The van der Waals surface area contributed by atoms with Crippen LogP contribution < -0.4 is 0 Å². The van der Waals surface area contributed by atoms with Gasteiger partial charge in [0, 0.05) is 16.3 Å². The predicted octanol–water partition coefficient (Wildman–Crippen LogP) is 14.9. The first kappa shape index (κ1) is 29.7. The van der Waals surface area contributed by atoms with Crippen molar-refractivity contribution in [2.24, 2.45) is 0 Å². The molecule has 0 N–H and O–H groups in total. The Bertz CT molecular complexity index is 3150. The predicted molar refractivity (Wildman–Crippen MR) is 225 cm³/mol. The van der Waals surface area contributed by atoms with Crippen molar-refractivity contribution < 1.29 is 4.42 Å². The fourth-order valence-corrected chi connectivity index (χ4v) is 8.80. The Labute approximate surface area is 307 Å². The summed E-state index contributed by atoms with van der Waals surface area (Å²) in [6, 6.07) is 70.4. The van der Waals surface area contributed by atoms with Crippen LogP contribution in [0, 0.1) is 0 Å². The molecule has 0 fully saturated rings. The molecule has 0 spiro atoms. The van der Waals surface area contributed by atoms with Crippen LogP contribution in [0.3, 0.4) is 0 Å². The van der Waals surface area contributed by atoms with E-state index in [2.05, 4.69) is 194 Å². The molecule has 0 bridgehead atoms. The highest BCUT2D eigenvalue weighted by molar-refractivity contribution is 6.28. The molecule has 0 saturated carbocycles. The molecular weight excluding hydrogens is 641 g/mol. The average molecular weight is 673 g/mol. The number of para-hydroxylation sites is 1. The molecule has 10 aromatic carbocycles. The van der Waals surface area contributed by atoms with Crippen LogP contribution in [0.1, 0.15) is 0 Å². The van der Waals surface area contributed by atoms with Crippen LogP contribution in [0.2, 0.25) is 0 Å². The van der Waals surface area contributed by atoms with Crippen LogP contribution in [0.15, 0.2) is 199 Å². The van der Waals surface area contributed by atoms with Gasteiger partial charge in [-0.1, -0.05) is 182 Å². The van der Waals surface area contributed by atoms with Gasteiger partial charge in [0.15, 0.2) is 0 Å². The summed E-state index contributed by atoms with van der Waals surface area (Å²) in [7, 11) is 0. The van der Waals surface area contributed by atoms with Crippen LogP contribution in [-0.2, 0) is 0 Å². The van der Waals surface area contributed by atoms with Gasteiger partial charge in [-0.2, -0.15) is 0 Å². The molecule has 0 saturated heterocycles. The smallest absolute Gasteiger partial charge is 0.143 e. The third kappa shape index (κ3) is 4.51. The van der Waals surface area contributed by atoms with Gasteiger partial charge in [0.25, 0.3) is 0 Å². The van der Waals surface area contributed by atoms with Gasteiger partial charge in [-0.05, 0) is 94.2 Å². The van der Waals surface area contributed by atoms with Crippen molar-refractivity contribution in [2.75, 3.05) is 0 Å². The van der Waals surface area contributed by atoms with Gasteiger partial charge in [-0.25, -0.2) is 0 Å². The minimum absolute atomic E-state index is 0.899. The van der Waals surface area contributed by atoms with Crippen molar-refractivity contribution in [2.45, 2.75) is 0 Å². The number of rotatable bonds is 4. The lowest BCUT2D eigenvalue weighted by Crippen LogP contribution is -1.93. The van der Waals surface area contributed by atoms with Crippen LogP contribution in [0.25, 0.3) is 110 Å². The van der Waals surface area contributed by atoms with Crippen molar-refractivity contribution >= 4 is 65.0 Å². The van der Waals surface area contributed by atoms with Gasteiger partial charge in [0.1, 0.15) is 11.2 Å². The van der Waals surface area contributed by atoms with E-state index in [-0.39, 0.29) is 0 Å². The Morgan fingerprint density at radius 2 is 0.679 bits per heavy atom. The number of fused-ring (bicyclic) bond motifs is 8. The number of benzene rings is 10. The first-order chi connectivity index (χ1) is 26.3. The maximum Gasteiger partial charge on any atom is 0.143 e. The monoisotopic (exact) mass is 672 g/mol. The van der Waals surface area contributed by atoms with Crippen molar-refractivity contribution in [1.29, 1.82) is 0 Å². The van der Waals surface area contributed by atoms with E-state index < -0.39 is 0 Å². The molecule has 11 aromatic rings. The van der Waals surface area contributed by atoms with Crippen LogP contribution in [0.4, 0.5) is 0 Å². The van der Waals surface area contributed by atoms with E-state index in [0.717, 1.165) is 33.1 Å². The van der Waals surface area contributed by atoms with Gasteiger partial charge >= 0.3 is 0 Å². The maximum absolute atomic E-state index is 6.74. The van der Waals surface area contributed by atoms with E-state index in [1.54, 1.807) is 0 Å². The Morgan fingerprint density at radius 1 is 0.245 bits per heavy atom. The summed E-state index contributed by atoms with van der Waals surface area (Å²) in [5.74, 6) is 0. The third-order valence-corrected chi connectivity index (χ3v) is 11.1. The summed E-state index contributed by atoms with van der Waals surface area (Å²) < 4.78 is 6.74. The minimum Gasteiger partial charge on any atom is -0.455 e. The highest BCUT2D eigenvalue weighted by atomic mass is 16.3. The first-order valence-corrected chi connectivity index (χ1v) is 18.3. The zero-order valence-electron chi connectivity index (χ0n) is 28.9. The standard InChI is InChI=1S/C52H32O/c1-3-15-33(16-4-1)35-24-13-25-37-38-26-14-27-41(40(38)31-30-39(35)37)49-42-19-7-9-21-44(42)50(45-22-10-8-20-43(45)49)47-32-29-36(34-17-5-2-6-18-34)52-51(47)46-23-11-12-28-48(46)53-52/h1-32H. The largest absolute Gasteiger partial charge is 0.455 e. The number of hydrogen-bond donors (Lipinski definition) is 0. The topological polar surface area (TPSA) is 13.1 Å². The van der Waals surface area contributed by atoms with Crippen LogP contribution in [-0.4, -0.2) is 0 Å². The molecule has 0 aliphatic rings. The SMILES string of the molecule is c1ccc(-c2cccc3c2ccc2c(-c4c5ccccc5c(-c5ccc(-c6ccccc6)c6oc7ccccc7c56)c5ccccc45)cccc23)cc1. The second-order valence-corrected chi connectivity index (χ2v) is 13.9. The van der Waals surface area contributed by atoms with E-state index in [1.165, 1.54) is 76.5 Å². The highest BCUT2D eigenvalue weighted by Crippen LogP contribution is 2.49. The second-order valence-electron chi connectivity index (χ2n) is 13.9. The lowest BCUT2D eigenvalue weighted by atomic mass is 9.83. The minimum atomic E-state index is 0.899. The molecule has 1 nitrogen and oxygen atoms in total. The van der Waals surface area contributed by atoms with Gasteiger partial charge in [0.05, 0.1) is 0 Å². The van der Waals surface area contributed by atoms with E-state index in [9.17, 15) is 0 Å². The summed E-state index contributed by atoms with van der Waals surface area (Å²) in [6.07, 6.45) is 0. The summed E-state index contributed by atoms with van der Waals surface area (Å²) in [5, 5.41) is 12.3. The van der Waals surface area contributed by atoms with Gasteiger partial charge in [0.2, 0.25) is 0 Å². The molecule has 1 heterocycles. The van der Waals surface area contributed by atoms with E-state index >= 15 is 0 Å². The molecule has 1 aromatic heterocycles. The fourth-order valence-electron chi connectivity index (χ4n) is 8.80. The molecule has 0 unspecified atom stereocenters. The zero-order valence-corrected chi connectivity index (χ0v) is 28.9. The first-order valence-electron chi connectivity index (χ1n) is 18.3.